The van der Waals surface area contributed by atoms with Crippen LogP contribution in [0.1, 0.15) is 16.1 Å². The van der Waals surface area contributed by atoms with Crippen molar-refractivity contribution in [3.63, 3.8) is 0 Å². The Labute approximate surface area is 193 Å². The molecule has 32 heavy (non-hydrogen) atoms. The Morgan fingerprint density at radius 2 is 1.72 bits per heavy atom. The maximum atomic E-state index is 12.7. The number of amides is 1. The topological polar surface area (TPSA) is 68.3 Å². The molecule has 1 N–H and O–H groups in total. The first-order valence-electron chi connectivity index (χ1n) is 9.82. The summed E-state index contributed by atoms with van der Waals surface area (Å²) in [6.45, 7) is 2.00. The fourth-order valence-electron chi connectivity index (χ4n) is 3.42. The SMILES string of the molecule is Cc1ccccc1-c1nc2cc(NC(=O)c3ccc(-c4cccc(Cl)c4Cl)o3)ccc2o1. The van der Waals surface area contributed by atoms with Crippen molar-refractivity contribution in [2.75, 3.05) is 5.32 Å². The number of rotatable bonds is 4. The van der Waals surface area contributed by atoms with Gasteiger partial charge in [0.2, 0.25) is 5.89 Å². The molecule has 0 saturated carbocycles. The summed E-state index contributed by atoms with van der Waals surface area (Å²) in [6.07, 6.45) is 0. The number of carbonyl (C=O) groups excluding carboxylic acids is 1. The highest BCUT2D eigenvalue weighted by Crippen LogP contribution is 2.34. The van der Waals surface area contributed by atoms with Crippen molar-refractivity contribution in [1.82, 2.24) is 4.98 Å². The van der Waals surface area contributed by atoms with Gasteiger partial charge in [-0.3, -0.25) is 4.79 Å². The number of nitrogens with zero attached hydrogens (tertiary/aromatic N) is 1. The van der Waals surface area contributed by atoms with E-state index in [-0.39, 0.29) is 5.76 Å². The van der Waals surface area contributed by atoms with Crippen molar-refractivity contribution in [2.45, 2.75) is 6.92 Å². The van der Waals surface area contributed by atoms with Crippen molar-refractivity contribution in [3.8, 4) is 22.8 Å². The van der Waals surface area contributed by atoms with Crippen LogP contribution in [0.2, 0.25) is 10.0 Å². The first-order chi connectivity index (χ1) is 15.5. The minimum atomic E-state index is -0.392. The highest BCUT2D eigenvalue weighted by Gasteiger charge is 2.16. The second kappa shape index (κ2) is 8.19. The maximum Gasteiger partial charge on any atom is 0.291 e. The lowest BCUT2D eigenvalue weighted by atomic mass is 10.1. The van der Waals surface area contributed by atoms with Crippen LogP contribution in [0.3, 0.4) is 0 Å². The Morgan fingerprint density at radius 3 is 2.56 bits per heavy atom. The first kappa shape index (κ1) is 20.4. The molecule has 3 aromatic carbocycles. The molecule has 158 valence electrons. The molecule has 5 nitrogen and oxygen atoms in total. The van der Waals surface area contributed by atoms with Gasteiger partial charge < -0.3 is 14.2 Å². The minimum absolute atomic E-state index is 0.150. The largest absolute Gasteiger partial charge is 0.451 e. The quantitative estimate of drug-likeness (QED) is 0.298. The molecule has 0 atom stereocenters. The lowest BCUT2D eigenvalue weighted by Crippen LogP contribution is -2.10. The summed E-state index contributed by atoms with van der Waals surface area (Å²) in [5.74, 6) is 0.751. The van der Waals surface area contributed by atoms with Gasteiger partial charge >= 0.3 is 0 Å². The van der Waals surface area contributed by atoms with E-state index in [1.165, 1.54) is 0 Å². The predicted octanol–water partition coefficient (Wildman–Crippen LogP) is 7.62. The fraction of sp³-hybridized carbons (Fsp3) is 0.0400. The highest BCUT2D eigenvalue weighted by molar-refractivity contribution is 6.43. The van der Waals surface area contributed by atoms with Crippen molar-refractivity contribution >= 4 is 45.9 Å². The lowest BCUT2D eigenvalue weighted by molar-refractivity contribution is 0.0997. The number of halogens is 2. The van der Waals surface area contributed by atoms with Crippen LogP contribution in [0.5, 0.6) is 0 Å². The monoisotopic (exact) mass is 462 g/mol. The van der Waals surface area contributed by atoms with Crippen molar-refractivity contribution in [3.05, 3.63) is 94.2 Å². The summed E-state index contributed by atoms with van der Waals surface area (Å²) in [7, 11) is 0. The zero-order chi connectivity index (χ0) is 22.2. The molecule has 5 rings (SSSR count). The third kappa shape index (κ3) is 3.77. The van der Waals surface area contributed by atoms with E-state index >= 15 is 0 Å². The Balaban J connectivity index is 1.39. The fourth-order valence-corrected chi connectivity index (χ4v) is 3.82. The third-order valence-corrected chi connectivity index (χ3v) is 5.89. The molecule has 0 unspecified atom stereocenters. The molecule has 0 saturated heterocycles. The normalized spacial score (nSPS) is 11.1. The second-order valence-corrected chi connectivity index (χ2v) is 8.02. The Kier molecular flexibility index (Phi) is 5.21. The van der Waals surface area contributed by atoms with Crippen molar-refractivity contribution in [1.29, 1.82) is 0 Å². The first-order valence-corrected chi connectivity index (χ1v) is 10.6. The van der Waals surface area contributed by atoms with Crippen LogP contribution in [0.15, 0.2) is 81.6 Å². The van der Waals surface area contributed by atoms with Gasteiger partial charge in [0.25, 0.3) is 5.91 Å². The number of hydrogen-bond donors (Lipinski definition) is 1. The van der Waals surface area contributed by atoms with E-state index in [2.05, 4.69) is 10.3 Å². The summed E-state index contributed by atoms with van der Waals surface area (Å²) >= 11 is 12.3. The second-order valence-electron chi connectivity index (χ2n) is 7.24. The van der Waals surface area contributed by atoms with E-state index in [9.17, 15) is 4.79 Å². The van der Waals surface area contributed by atoms with Crippen LogP contribution in [-0.4, -0.2) is 10.9 Å². The standard InChI is InChI=1S/C25H16Cl2N2O3/c1-14-5-2-3-6-16(14)25-29-19-13-15(9-10-21(19)32-25)28-24(30)22-12-11-20(31-22)17-7-4-8-18(26)23(17)27/h2-13H,1H3,(H,28,30). The van der Waals surface area contributed by atoms with Crippen LogP contribution < -0.4 is 5.32 Å². The van der Waals surface area contributed by atoms with Gasteiger partial charge in [-0.2, -0.15) is 0 Å². The molecule has 1 amide bonds. The number of furan rings is 1. The number of fused-ring (bicyclic) bond motifs is 1. The zero-order valence-electron chi connectivity index (χ0n) is 16.9. The molecular weight excluding hydrogens is 447 g/mol. The smallest absolute Gasteiger partial charge is 0.291 e. The molecule has 2 aromatic heterocycles. The van der Waals surface area contributed by atoms with Crippen LogP contribution in [-0.2, 0) is 0 Å². The molecule has 5 aromatic rings. The van der Waals surface area contributed by atoms with Gasteiger partial charge in [-0.05, 0) is 61.0 Å². The zero-order valence-corrected chi connectivity index (χ0v) is 18.4. The van der Waals surface area contributed by atoms with Crippen molar-refractivity contribution < 1.29 is 13.6 Å². The average Bonchev–Trinajstić information content (AvgIpc) is 3.43. The number of anilines is 1. The van der Waals surface area contributed by atoms with Gasteiger partial charge in [0.15, 0.2) is 11.3 Å². The van der Waals surface area contributed by atoms with E-state index < -0.39 is 5.91 Å². The van der Waals surface area contributed by atoms with Gasteiger partial charge in [-0.15, -0.1) is 0 Å². The minimum Gasteiger partial charge on any atom is -0.451 e. The molecule has 0 spiro atoms. The number of aromatic nitrogens is 1. The molecular formula is C25H16Cl2N2O3. The molecule has 0 bridgehead atoms. The summed E-state index contributed by atoms with van der Waals surface area (Å²) in [6, 6.07) is 21.7. The highest BCUT2D eigenvalue weighted by atomic mass is 35.5. The molecule has 0 radical (unpaired) electrons. The Hall–Kier alpha value is -3.54. The van der Waals surface area contributed by atoms with Gasteiger partial charge in [0.1, 0.15) is 11.3 Å². The van der Waals surface area contributed by atoms with Gasteiger partial charge in [0, 0.05) is 16.8 Å². The average molecular weight is 463 g/mol. The number of nitrogens with one attached hydrogen (secondary N) is 1. The Bertz CT molecular complexity index is 1470. The maximum absolute atomic E-state index is 12.7. The van der Waals surface area contributed by atoms with Gasteiger partial charge in [-0.1, -0.05) is 47.5 Å². The van der Waals surface area contributed by atoms with E-state index in [0.29, 0.717) is 44.0 Å². The number of benzene rings is 3. The van der Waals surface area contributed by atoms with Crippen LogP contribution in [0.25, 0.3) is 33.9 Å². The number of oxazole rings is 1. The molecule has 0 fully saturated rings. The Morgan fingerprint density at radius 1 is 0.906 bits per heavy atom. The van der Waals surface area contributed by atoms with Crippen LogP contribution in [0, 0.1) is 6.92 Å². The predicted molar refractivity (Wildman–Crippen MR) is 126 cm³/mol. The van der Waals surface area contributed by atoms with Gasteiger partial charge in [0.05, 0.1) is 10.0 Å². The third-order valence-electron chi connectivity index (χ3n) is 5.07. The van der Waals surface area contributed by atoms with E-state index in [1.807, 2.05) is 31.2 Å². The molecule has 0 aliphatic carbocycles. The lowest BCUT2D eigenvalue weighted by Gasteiger charge is -2.04. The van der Waals surface area contributed by atoms with Crippen molar-refractivity contribution in [2.24, 2.45) is 0 Å². The number of hydrogen-bond acceptors (Lipinski definition) is 4. The molecule has 2 heterocycles. The molecule has 7 heteroatoms. The van der Waals surface area contributed by atoms with E-state index in [0.717, 1.165) is 11.1 Å². The molecule has 0 aliphatic rings. The molecule has 0 aliphatic heterocycles. The number of aryl methyl sites for hydroxylation is 1. The van der Waals surface area contributed by atoms with E-state index in [1.54, 1.807) is 48.5 Å². The van der Waals surface area contributed by atoms with Crippen LogP contribution >= 0.6 is 23.2 Å². The van der Waals surface area contributed by atoms with E-state index in [4.69, 9.17) is 32.0 Å². The summed E-state index contributed by atoms with van der Waals surface area (Å²) in [5, 5.41) is 3.61. The summed E-state index contributed by atoms with van der Waals surface area (Å²) in [5.41, 5.74) is 4.47. The summed E-state index contributed by atoms with van der Waals surface area (Å²) < 4.78 is 11.6. The van der Waals surface area contributed by atoms with Gasteiger partial charge in [-0.25, -0.2) is 4.98 Å². The number of carbonyl (C=O) groups is 1. The van der Waals surface area contributed by atoms with Crippen LogP contribution in [0.4, 0.5) is 5.69 Å². The summed E-state index contributed by atoms with van der Waals surface area (Å²) in [4.78, 5) is 17.3.